The summed E-state index contributed by atoms with van der Waals surface area (Å²) in [5.74, 6) is -0.311. The van der Waals surface area contributed by atoms with Crippen molar-refractivity contribution < 1.29 is 22.8 Å². The lowest BCUT2D eigenvalue weighted by atomic mass is 10.1. The van der Waals surface area contributed by atoms with Crippen LogP contribution in [-0.4, -0.2) is 60.9 Å². The van der Waals surface area contributed by atoms with Crippen molar-refractivity contribution in [1.82, 2.24) is 15.1 Å². The van der Waals surface area contributed by atoms with Gasteiger partial charge >= 0.3 is 6.18 Å². The molecule has 0 atom stereocenters. The van der Waals surface area contributed by atoms with Crippen LogP contribution in [0, 0.1) is 0 Å². The van der Waals surface area contributed by atoms with Gasteiger partial charge in [0.1, 0.15) is 0 Å². The molecular weight excluding hydrogens is 347 g/mol. The minimum Gasteiger partial charge on any atom is -0.352 e. The van der Waals surface area contributed by atoms with E-state index in [2.05, 4.69) is 11.9 Å². The normalized spacial score (nSPS) is 15.6. The Balaban J connectivity index is 1.83. The molecule has 0 spiro atoms. The largest absolute Gasteiger partial charge is 0.416 e. The molecule has 0 aromatic heterocycles. The Morgan fingerprint density at radius 3 is 2.50 bits per heavy atom. The van der Waals surface area contributed by atoms with Crippen molar-refractivity contribution in [3.63, 3.8) is 0 Å². The first kappa shape index (κ1) is 20.0. The molecule has 1 N–H and O–H groups in total. The smallest absolute Gasteiger partial charge is 0.352 e. The number of piperazine rings is 1. The van der Waals surface area contributed by atoms with Gasteiger partial charge < -0.3 is 10.2 Å². The summed E-state index contributed by atoms with van der Waals surface area (Å²) < 4.78 is 38.2. The van der Waals surface area contributed by atoms with Crippen LogP contribution in [0.1, 0.15) is 11.1 Å². The summed E-state index contributed by atoms with van der Waals surface area (Å²) in [4.78, 5) is 27.6. The number of alkyl halides is 3. The zero-order valence-electron chi connectivity index (χ0n) is 14.4. The third kappa shape index (κ3) is 5.87. The Labute approximate surface area is 150 Å². The average molecular weight is 369 g/mol. The monoisotopic (exact) mass is 369 g/mol. The van der Waals surface area contributed by atoms with Crippen LogP contribution in [-0.2, 0) is 22.2 Å². The molecular formula is C18H22F3N3O2. The van der Waals surface area contributed by atoms with E-state index >= 15 is 0 Å². The maximum atomic E-state index is 12.7. The van der Waals surface area contributed by atoms with Crippen LogP contribution < -0.4 is 5.32 Å². The van der Waals surface area contributed by atoms with E-state index in [9.17, 15) is 22.8 Å². The quantitative estimate of drug-likeness (QED) is 0.777. The van der Waals surface area contributed by atoms with Crippen molar-refractivity contribution >= 4 is 11.8 Å². The van der Waals surface area contributed by atoms with Gasteiger partial charge in [0.25, 0.3) is 0 Å². The number of benzene rings is 1. The van der Waals surface area contributed by atoms with E-state index in [-0.39, 0.29) is 24.8 Å². The second-order valence-electron chi connectivity index (χ2n) is 6.12. The number of nitrogens with zero attached hydrogens (tertiary/aromatic N) is 2. The van der Waals surface area contributed by atoms with E-state index in [1.165, 1.54) is 12.1 Å². The first-order valence-electron chi connectivity index (χ1n) is 8.33. The number of amides is 2. The molecule has 2 amide bonds. The van der Waals surface area contributed by atoms with Gasteiger partial charge in [0.2, 0.25) is 11.8 Å². The van der Waals surface area contributed by atoms with Gasteiger partial charge in [0.05, 0.1) is 18.5 Å². The molecule has 1 saturated heterocycles. The first-order valence-corrected chi connectivity index (χ1v) is 8.33. The fourth-order valence-corrected chi connectivity index (χ4v) is 2.74. The summed E-state index contributed by atoms with van der Waals surface area (Å²) >= 11 is 0. The summed E-state index contributed by atoms with van der Waals surface area (Å²) in [5.41, 5.74) is -0.408. The third-order valence-corrected chi connectivity index (χ3v) is 4.15. The number of rotatable bonds is 6. The Morgan fingerprint density at radius 1 is 1.19 bits per heavy atom. The first-order chi connectivity index (χ1) is 12.3. The second-order valence-corrected chi connectivity index (χ2v) is 6.12. The average Bonchev–Trinajstić information content (AvgIpc) is 2.60. The molecule has 1 aliphatic heterocycles. The van der Waals surface area contributed by atoms with Crippen LogP contribution in [0.5, 0.6) is 0 Å². The Bertz CT molecular complexity index is 653. The minimum absolute atomic E-state index is 0.0657. The maximum Gasteiger partial charge on any atom is 0.416 e. The number of nitrogens with one attached hydrogen (secondary N) is 1. The van der Waals surface area contributed by atoms with Crippen molar-refractivity contribution in [3.05, 3.63) is 48.0 Å². The van der Waals surface area contributed by atoms with Gasteiger partial charge in [-0.1, -0.05) is 24.3 Å². The number of hydrogen-bond donors (Lipinski definition) is 1. The van der Waals surface area contributed by atoms with Gasteiger partial charge in [-0.15, -0.1) is 6.58 Å². The summed E-state index contributed by atoms with van der Waals surface area (Å²) in [7, 11) is 0. The van der Waals surface area contributed by atoms with E-state index in [1.807, 2.05) is 4.90 Å². The van der Waals surface area contributed by atoms with E-state index in [0.717, 1.165) is 12.1 Å². The predicted molar refractivity (Wildman–Crippen MR) is 91.4 cm³/mol. The standard InChI is InChI=1S/C18H22F3N3O2/c1-2-6-22-16(25)13-23-7-9-24(10-8-23)17(26)12-14-4-3-5-15(11-14)18(19,20)21/h2-5,11H,1,6-10,12-13H2,(H,22,25). The zero-order chi connectivity index (χ0) is 19.2. The van der Waals surface area contributed by atoms with Gasteiger partial charge in [-0.2, -0.15) is 13.2 Å². The molecule has 8 heteroatoms. The van der Waals surface area contributed by atoms with Crippen molar-refractivity contribution in [3.8, 4) is 0 Å². The van der Waals surface area contributed by atoms with E-state index in [4.69, 9.17) is 0 Å². The lowest BCUT2D eigenvalue weighted by Crippen LogP contribution is -2.51. The predicted octanol–water partition coefficient (Wildman–Crippen LogP) is 1.69. The molecule has 0 aliphatic carbocycles. The molecule has 2 rings (SSSR count). The third-order valence-electron chi connectivity index (χ3n) is 4.15. The summed E-state index contributed by atoms with van der Waals surface area (Å²) in [5, 5.41) is 2.69. The lowest BCUT2D eigenvalue weighted by Gasteiger charge is -2.34. The minimum atomic E-state index is -4.42. The topological polar surface area (TPSA) is 52.7 Å². The Kier molecular flexibility index (Phi) is 6.79. The van der Waals surface area contributed by atoms with Crippen molar-refractivity contribution in [2.45, 2.75) is 12.6 Å². The van der Waals surface area contributed by atoms with Gasteiger partial charge in [0.15, 0.2) is 0 Å². The highest BCUT2D eigenvalue weighted by Gasteiger charge is 2.30. The molecule has 0 unspecified atom stereocenters. The van der Waals surface area contributed by atoms with Crippen molar-refractivity contribution in [2.75, 3.05) is 39.3 Å². The summed E-state index contributed by atoms with van der Waals surface area (Å²) in [6.45, 7) is 6.20. The number of halogens is 3. The Hall–Kier alpha value is -2.35. The van der Waals surface area contributed by atoms with Crippen molar-refractivity contribution in [1.29, 1.82) is 0 Å². The van der Waals surface area contributed by atoms with E-state index < -0.39 is 11.7 Å². The maximum absolute atomic E-state index is 12.7. The molecule has 1 aliphatic rings. The molecule has 1 aromatic rings. The molecule has 1 aromatic carbocycles. The molecule has 0 saturated carbocycles. The lowest BCUT2D eigenvalue weighted by molar-refractivity contribution is -0.138. The highest BCUT2D eigenvalue weighted by Crippen LogP contribution is 2.29. The fraction of sp³-hybridized carbons (Fsp3) is 0.444. The molecule has 1 fully saturated rings. The number of carbonyl (C=O) groups excluding carboxylic acids is 2. The second kappa shape index (κ2) is 8.84. The molecule has 26 heavy (non-hydrogen) atoms. The van der Waals surface area contributed by atoms with Crippen LogP contribution >= 0.6 is 0 Å². The fourth-order valence-electron chi connectivity index (χ4n) is 2.74. The van der Waals surface area contributed by atoms with Crippen LogP contribution in [0.2, 0.25) is 0 Å². The molecule has 0 bridgehead atoms. The number of hydrogen-bond acceptors (Lipinski definition) is 3. The summed E-state index contributed by atoms with van der Waals surface area (Å²) in [6.07, 6.45) is -2.89. The molecule has 0 radical (unpaired) electrons. The molecule has 1 heterocycles. The van der Waals surface area contributed by atoms with Crippen LogP contribution in [0.15, 0.2) is 36.9 Å². The van der Waals surface area contributed by atoms with Gasteiger partial charge in [-0.25, -0.2) is 0 Å². The van der Waals surface area contributed by atoms with Gasteiger partial charge in [-0.05, 0) is 11.6 Å². The Morgan fingerprint density at radius 2 is 1.88 bits per heavy atom. The zero-order valence-corrected chi connectivity index (χ0v) is 14.4. The van der Waals surface area contributed by atoms with Gasteiger partial charge in [0, 0.05) is 32.7 Å². The van der Waals surface area contributed by atoms with Crippen LogP contribution in [0.25, 0.3) is 0 Å². The van der Waals surface area contributed by atoms with E-state index in [0.29, 0.717) is 38.3 Å². The molecule has 5 nitrogen and oxygen atoms in total. The molecule has 142 valence electrons. The van der Waals surface area contributed by atoms with Gasteiger partial charge in [-0.3, -0.25) is 14.5 Å². The van der Waals surface area contributed by atoms with E-state index in [1.54, 1.807) is 11.0 Å². The highest BCUT2D eigenvalue weighted by atomic mass is 19.4. The van der Waals surface area contributed by atoms with Crippen molar-refractivity contribution in [2.24, 2.45) is 0 Å². The SMILES string of the molecule is C=CCNC(=O)CN1CCN(C(=O)Cc2cccc(C(F)(F)F)c2)CC1. The number of carbonyl (C=O) groups is 2. The highest BCUT2D eigenvalue weighted by molar-refractivity contribution is 5.79. The van der Waals surface area contributed by atoms with Crippen LogP contribution in [0.4, 0.5) is 13.2 Å². The summed E-state index contributed by atoms with van der Waals surface area (Å²) in [6, 6.07) is 4.83. The van der Waals surface area contributed by atoms with Crippen LogP contribution in [0.3, 0.4) is 0 Å².